The number of hydrogen-bond acceptors (Lipinski definition) is 1. The summed E-state index contributed by atoms with van der Waals surface area (Å²) in [5.74, 6) is 0. The van der Waals surface area contributed by atoms with Crippen molar-refractivity contribution in [3.8, 4) is 11.1 Å². The summed E-state index contributed by atoms with van der Waals surface area (Å²) in [4.78, 5) is 0. The Bertz CT molecular complexity index is 1200. The quantitative estimate of drug-likeness (QED) is 0.304. The predicted octanol–water partition coefficient (Wildman–Crippen LogP) is 7.17. The smallest absolute Gasteiger partial charge is 0.136 e. The third-order valence-electron chi connectivity index (χ3n) is 4.50. The van der Waals surface area contributed by atoms with E-state index >= 15 is 0 Å². The maximum atomic E-state index is 6.01. The predicted molar refractivity (Wildman–Crippen MR) is 104 cm³/mol. The molecule has 0 saturated carbocycles. The van der Waals surface area contributed by atoms with Crippen LogP contribution in [0, 0.1) is 0 Å². The van der Waals surface area contributed by atoms with Gasteiger partial charge in [0.1, 0.15) is 11.2 Å². The number of rotatable bonds is 1. The van der Waals surface area contributed by atoms with Gasteiger partial charge in [-0.05, 0) is 58.3 Å². The van der Waals surface area contributed by atoms with Crippen molar-refractivity contribution < 1.29 is 4.42 Å². The summed E-state index contributed by atoms with van der Waals surface area (Å²) in [6.45, 7) is 0. The second kappa shape index (κ2) is 5.22. The highest BCUT2D eigenvalue weighted by molar-refractivity contribution is 9.10. The fourth-order valence-electron chi connectivity index (χ4n) is 3.30. The Morgan fingerprint density at radius 1 is 0.583 bits per heavy atom. The van der Waals surface area contributed by atoms with Gasteiger partial charge in [0.15, 0.2) is 0 Å². The fraction of sp³-hybridized carbons (Fsp3) is 0. The summed E-state index contributed by atoms with van der Waals surface area (Å²) in [5.41, 5.74) is 4.32. The van der Waals surface area contributed by atoms with Crippen LogP contribution in [-0.4, -0.2) is 0 Å². The Balaban J connectivity index is 1.81. The lowest BCUT2D eigenvalue weighted by atomic mass is 10.00. The summed E-state index contributed by atoms with van der Waals surface area (Å²) in [6.07, 6.45) is 0. The van der Waals surface area contributed by atoms with Gasteiger partial charge in [-0.15, -0.1) is 0 Å². The Kier molecular flexibility index (Phi) is 3.00. The zero-order valence-electron chi connectivity index (χ0n) is 12.8. The highest BCUT2D eigenvalue weighted by atomic mass is 79.9. The van der Waals surface area contributed by atoms with Gasteiger partial charge in [-0.1, -0.05) is 58.4 Å². The van der Waals surface area contributed by atoms with Crippen molar-refractivity contribution in [1.82, 2.24) is 0 Å². The van der Waals surface area contributed by atoms with E-state index < -0.39 is 0 Å². The number of benzene rings is 4. The van der Waals surface area contributed by atoms with E-state index in [1.807, 2.05) is 18.2 Å². The SMILES string of the molecule is Brc1ccc2oc3cc4ccc(-c5ccccc5)cc4cc3c2c1. The van der Waals surface area contributed by atoms with Crippen molar-refractivity contribution in [2.75, 3.05) is 0 Å². The molecule has 0 aliphatic carbocycles. The zero-order valence-corrected chi connectivity index (χ0v) is 14.4. The molecule has 1 aromatic heterocycles. The molecule has 0 N–H and O–H groups in total. The number of fused-ring (bicyclic) bond motifs is 4. The molecule has 0 spiro atoms. The molecule has 1 heterocycles. The first-order chi connectivity index (χ1) is 11.8. The zero-order chi connectivity index (χ0) is 16.1. The molecule has 0 radical (unpaired) electrons. The Hall–Kier alpha value is -2.58. The van der Waals surface area contributed by atoms with Crippen LogP contribution < -0.4 is 0 Å². The van der Waals surface area contributed by atoms with Crippen LogP contribution in [0.2, 0.25) is 0 Å². The summed E-state index contributed by atoms with van der Waals surface area (Å²) < 4.78 is 7.08. The summed E-state index contributed by atoms with van der Waals surface area (Å²) in [6, 6.07) is 27.6. The molecule has 2 heteroatoms. The van der Waals surface area contributed by atoms with Crippen LogP contribution in [0.5, 0.6) is 0 Å². The lowest BCUT2D eigenvalue weighted by Crippen LogP contribution is -1.79. The molecule has 0 atom stereocenters. The van der Waals surface area contributed by atoms with Crippen molar-refractivity contribution in [3.05, 3.63) is 83.3 Å². The molecule has 5 rings (SSSR count). The van der Waals surface area contributed by atoms with E-state index in [1.54, 1.807) is 0 Å². The minimum absolute atomic E-state index is 0.923. The monoisotopic (exact) mass is 372 g/mol. The minimum atomic E-state index is 0.923. The maximum absolute atomic E-state index is 6.01. The summed E-state index contributed by atoms with van der Waals surface area (Å²) in [7, 11) is 0. The average Bonchev–Trinajstić information content (AvgIpc) is 2.97. The largest absolute Gasteiger partial charge is 0.456 e. The second-order valence-electron chi connectivity index (χ2n) is 6.02. The first-order valence-electron chi connectivity index (χ1n) is 7.89. The second-order valence-corrected chi connectivity index (χ2v) is 6.93. The van der Waals surface area contributed by atoms with E-state index in [-0.39, 0.29) is 0 Å². The van der Waals surface area contributed by atoms with Gasteiger partial charge in [0.2, 0.25) is 0 Å². The summed E-state index contributed by atoms with van der Waals surface area (Å²) in [5, 5.41) is 4.72. The fourth-order valence-corrected chi connectivity index (χ4v) is 3.66. The van der Waals surface area contributed by atoms with Crippen molar-refractivity contribution >= 4 is 48.6 Å². The molecule has 0 saturated heterocycles. The van der Waals surface area contributed by atoms with Gasteiger partial charge in [-0.2, -0.15) is 0 Å². The van der Waals surface area contributed by atoms with Gasteiger partial charge >= 0.3 is 0 Å². The van der Waals surface area contributed by atoms with E-state index in [9.17, 15) is 0 Å². The molecule has 0 amide bonds. The van der Waals surface area contributed by atoms with Crippen LogP contribution in [-0.2, 0) is 0 Å². The van der Waals surface area contributed by atoms with Gasteiger partial charge in [0.05, 0.1) is 0 Å². The molecule has 4 aromatic carbocycles. The van der Waals surface area contributed by atoms with Crippen LogP contribution in [0.3, 0.4) is 0 Å². The first-order valence-corrected chi connectivity index (χ1v) is 8.68. The molecule has 0 aliphatic rings. The maximum Gasteiger partial charge on any atom is 0.136 e. The Morgan fingerprint density at radius 2 is 1.42 bits per heavy atom. The van der Waals surface area contributed by atoms with Crippen molar-refractivity contribution in [1.29, 1.82) is 0 Å². The first kappa shape index (κ1) is 13.8. The standard InChI is InChI=1S/C22H13BrO/c23-18-8-9-21-20(13-18)19-11-17-10-15(14-4-2-1-3-5-14)6-7-16(17)12-22(19)24-21/h1-13H. The molecule has 0 fully saturated rings. The minimum Gasteiger partial charge on any atom is -0.456 e. The van der Waals surface area contributed by atoms with Crippen LogP contribution in [0.1, 0.15) is 0 Å². The Morgan fingerprint density at radius 3 is 2.29 bits per heavy atom. The van der Waals surface area contributed by atoms with Crippen molar-refractivity contribution in [2.24, 2.45) is 0 Å². The molecular weight excluding hydrogens is 360 g/mol. The third kappa shape index (κ3) is 2.15. The van der Waals surface area contributed by atoms with Crippen LogP contribution in [0.25, 0.3) is 43.8 Å². The lowest BCUT2D eigenvalue weighted by Gasteiger charge is -2.04. The molecule has 5 aromatic rings. The number of halogens is 1. The molecule has 24 heavy (non-hydrogen) atoms. The van der Waals surface area contributed by atoms with E-state index in [1.165, 1.54) is 21.9 Å². The van der Waals surface area contributed by atoms with Crippen molar-refractivity contribution in [3.63, 3.8) is 0 Å². The van der Waals surface area contributed by atoms with Gasteiger partial charge in [-0.25, -0.2) is 0 Å². The lowest BCUT2D eigenvalue weighted by molar-refractivity contribution is 0.669. The molecule has 114 valence electrons. The van der Waals surface area contributed by atoms with Crippen LogP contribution >= 0.6 is 15.9 Å². The number of hydrogen-bond donors (Lipinski definition) is 0. The van der Waals surface area contributed by atoms with Crippen LogP contribution in [0.15, 0.2) is 87.8 Å². The molecule has 0 aliphatic heterocycles. The normalized spacial score (nSPS) is 11.5. The van der Waals surface area contributed by atoms with Gasteiger partial charge in [0, 0.05) is 15.2 Å². The van der Waals surface area contributed by atoms with E-state index in [4.69, 9.17) is 4.42 Å². The third-order valence-corrected chi connectivity index (χ3v) is 4.99. The van der Waals surface area contributed by atoms with Gasteiger partial charge in [-0.3, -0.25) is 0 Å². The topological polar surface area (TPSA) is 13.1 Å². The van der Waals surface area contributed by atoms with Gasteiger partial charge in [0.25, 0.3) is 0 Å². The number of furan rings is 1. The van der Waals surface area contributed by atoms with E-state index in [0.717, 1.165) is 26.4 Å². The molecular formula is C22H13BrO. The Labute approximate surface area is 147 Å². The van der Waals surface area contributed by atoms with E-state index in [0.29, 0.717) is 0 Å². The van der Waals surface area contributed by atoms with Crippen molar-refractivity contribution in [2.45, 2.75) is 0 Å². The van der Waals surface area contributed by atoms with Gasteiger partial charge < -0.3 is 4.42 Å². The highest BCUT2D eigenvalue weighted by Gasteiger charge is 2.09. The summed E-state index contributed by atoms with van der Waals surface area (Å²) >= 11 is 3.55. The van der Waals surface area contributed by atoms with E-state index in [2.05, 4.69) is 76.6 Å². The average molecular weight is 373 g/mol. The van der Waals surface area contributed by atoms with Crippen LogP contribution in [0.4, 0.5) is 0 Å². The molecule has 0 bridgehead atoms. The molecule has 0 unspecified atom stereocenters. The highest BCUT2D eigenvalue weighted by Crippen LogP contribution is 2.34. The molecule has 1 nitrogen and oxygen atoms in total.